The second-order valence-corrected chi connectivity index (χ2v) is 5.92. The van der Waals surface area contributed by atoms with Gasteiger partial charge in [-0.15, -0.1) is 0 Å². The Morgan fingerprint density at radius 1 is 1.00 bits per heavy atom. The van der Waals surface area contributed by atoms with E-state index in [2.05, 4.69) is 22.8 Å². The molecule has 0 bridgehead atoms. The maximum atomic E-state index is 11.9. The minimum absolute atomic E-state index is 0.211. The van der Waals surface area contributed by atoms with Crippen molar-refractivity contribution < 1.29 is 4.79 Å². The monoisotopic (exact) mass is 264 g/mol. The smallest absolute Gasteiger partial charge is 0.223 e. The van der Waals surface area contributed by atoms with Crippen LogP contribution in [0.25, 0.3) is 0 Å². The van der Waals surface area contributed by atoms with Crippen LogP contribution in [0.3, 0.4) is 0 Å². The van der Waals surface area contributed by atoms with Gasteiger partial charge in [0.2, 0.25) is 5.91 Å². The van der Waals surface area contributed by atoms with Crippen LogP contribution < -0.4 is 10.6 Å². The molecular formula is C16H28N2O. The van der Waals surface area contributed by atoms with Gasteiger partial charge in [-0.1, -0.05) is 37.8 Å². The van der Waals surface area contributed by atoms with E-state index in [9.17, 15) is 4.79 Å². The molecule has 0 spiro atoms. The van der Waals surface area contributed by atoms with Gasteiger partial charge >= 0.3 is 0 Å². The number of hydrogen-bond acceptors (Lipinski definition) is 2. The van der Waals surface area contributed by atoms with Gasteiger partial charge in [0, 0.05) is 25.0 Å². The van der Waals surface area contributed by atoms with E-state index < -0.39 is 0 Å². The van der Waals surface area contributed by atoms with Gasteiger partial charge in [-0.05, 0) is 32.1 Å². The second-order valence-electron chi connectivity index (χ2n) is 5.92. The van der Waals surface area contributed by atoms with E-state index >= 15 is 0 Å². The van der Waals surface area contributed by atoms with Crippen LogP contribution in [0.5, 0.6) is 0 Å². The van der Waals surface area contributed by atoms with Gasteiger partial charge in [0.15, 0.2) is 0 Å². The van der Waals surface area contributed by atoms with Crippen molar-refractivity contribution in [2.75, 3.05) is 13.1 Å². The lowest BCUT2D eigenvalue weighted by Crippen LogP contribution is -2.39. The van der Waals surface area contributed by atoms with Crippen LogP contribution in [0, 0.1) is 5.92 Å². The van der Waals surface area contributed by atoms with Crippen molar-refractivity contribution in [3.8, 4) is 0 Å². The van der Waals surface area contributed by atoms with E-state index in [0.717, 1.165) is 32.4 Å². The number of carbonyl (C=O) groups excluding carboxylic acids is 1. The first-order valence-electron chi connectivity index (χ1n) is 8.02. The molecule has 0 aromatic heterocycles. The van der Waals surface area contributed by atoms with E-state index in [-0.39, 0.29) is 11.8 Å². The number of hydrogen-bond donors (Lipinski definition) is 2. The van der Waals surface area contributed by atoms with Crippen molar-refractivity contribution in [1.82, 2.24) is 10.6 Å². The lowest BCUT2D eigenvalue weighted by molar-refractivity contribution is -0.125. The van der Waals surface area contributed by atoms with Crippen molar-refractivity contribution >= 4 is 5.91 Å². The number of rotatable bonds is 5. The Kier molecular flexibility index (Phi) is 6.42. The second kappa shape index (κ2) is 8.36. The normalized spacial score (nSPS) is 24.9. The topological polar surface area (TPSA) is 41.1 Å². The van der Waals surface area contributed by atoms with Crippen LogP contribution in [-0.4, -0.2) is 25.0 Å². The first-order chi connectivity index (χ1) is 9.36. The lowest BCUT2D eigenvalue weighted by atomic mass is 9.94. The zero-order valence-corrected chi connectivity index (χ0v) is 12.0. The Labute approximate surface area is 117 Å². The van der Waals surface area contributed by atoms with Crippen LogP contribution >= 0.6 is 0 Å². The zero-order chi connectivity index (χ0) is 13.3. The highest BCUT2D eigenvalue weighted by Crippen LogP contribution is 2.18. The van der Waals surface area contributed by atoms with E-state index in [1.165, 1.54) is 38.5 Å². The Bertz CT molecular complexity index is 293. The molecule has 2 aliphatic carbocycles. The number of nitrogens with one attached hydrogen (secondary N) is 2. The average Bonchev–Trinajstić information content (AvgIpc) is 2.73. The van der Waals surface area contributed by atoms with Crippen LogP contribution in [0.2, 0.25) is 0 Å². The summed E-state index contributed by atoms with van der Waals surface area (Å²) in [4.78, 5) is 11.9. The summed E-state index contributed by atoms with van der Waals surface area (Å²) in [7, 11) is 0. The molecule has 1 fully saturated rings. The third kappa shape index (κ3) is 5.35. The summed E-state index contributed by atoms with van der Waals surface area (Å²) in [6.07, 6.45) is 15.4. The van der Waals surface area contributed by atoms with Gasteiger partial charge in [0.1, 0.15) is 0 Å². The summed E-state index contributed by atoms with van der Waals surface area (Å²) >= 11 is 0. The Hall–Kier alpha value is -0.830. The average molecular weight is 264 g/mol. The van der Waals surface area contributed by atoms with Gasteiger partial charge in [-0.3, -0.25) is 4.79 Å². The highest BCUT2D eigenvalue weighted by molar-refractivity contribution is 5.78. The molecule has 0 aliphatic heterocycles. The van der Waals surface area contributed by atoms with Crippen molar-refractivity contribution in [1.29, 1.82) is 0 Å². The molecule has 108 valence electrons. The summed E-state index contributed by atoms with van der Waals surface area (Å²) in [5.74, 6) is 0.454. The first kappa shape index (κ1) is 14.6. The molecular weight excluding hydrogens is 236 g/mol. The van der Waals surface area contributed by atoms with Gasteiger partial charge in [-0.25, -0.2) is 0 Å². The fourth-order valence-corrected chi connectivity index (χ4v) is 3.12. The quantitative estimate of drug-likeness (QED) is 0.455. The summed E-state index contributed by atoms with van der Waals surface area (Å²) < 4.78 is 0. The van der Waals surface area contributed by atoms with Gasteiger partial charge < -0.3 is 10.6 Å². The van der Waals surface area contributed by atoms with Gasteiger partial charge in [-0.2, -0.15) is 0 Å². The third-order valence-electron chi connectivity index (χ3n) is 4.35. The Morgan fingerprint density at radius 3 is 2.47 bits per heavy atom. The van der Waals surface area contributed by atoms with E-state index in [4.69, 9.17) is 0 Å². The van der Waals surface area contributed by atoms with Gasteiger partial charge in [0.25, 0.3) is 0 Å². The first-order valence-corrected chi connectivity index (χ1v) is 8.02. The molecule has 19 heavy (non-hydrogen) atoms. The Morgan fingerprint density at radius 2 is 1.79 bits per heavy atom. The fourth-order valence-electron chi connectivity index (χ4n) is 3.12. The standard InChI is InChI=1S/C16H28N2O/c19-16(14-8-4-3-5-9-14)18-13-12-17-15-10-6-1-2-7-11-15/h3-4,14-15,17H,1-2,5-13H2,(H,18,19). The van der Waals surface area contributed by atoms with Crippen LogP contribution in [0.4, 0.5) is 0 Å². The van der Waals surface area contributed by atoms with E-state index in [0.29, 0.717) is 6.04 Å². The molecule has 0 heterocycles. The van der Waals surface area contributed by atoms with Crippen molar-refractivity contribution in [3.05, 3.63) is 12.2 Å². The van der Waals surface area contributed by atoms with E-state index in [1.54, 1.807) is 0 Å². The highest BCUT2D eigenvalue weighted by Gasteiger charge is 2.18. The van der Waals surface area contributed by atoms with Gasteiger partial charge in [0.05, 0.1) is 0 Å². The maximum Gasteiger partial charge on any atom is 0.223 e. The number of amides is 1. The molecule has 0 radical (unpaired) electrons. The highest BCUT2D eigenvalue weighted by atomic mass is 16.1. The summed E-state index contributed by atoms with van der Waals surface area (Å²) in [6, 6.07) is 0.678. The molecule has 2 aliphatic rings. The lowest BCUT2D eigenvalue weighted by Gasteiger charge is -2.19. The Balaban J connectivity index is 1.55. The molecule has 2 N–H and O–H groups in total. The predicted octanol–water partition coefficient (Wildman–Crippen LogP) is 2.77. The van der Waals surface area contributed by atoms with E-state index in [1.807, 2.05) is 0 Å². The molecule has 3 heteroatoms. The largest absolute Gasteiger partial charge is 0.355 e. The van der Waals surface area contributed by atoms with Crippen LogP contribution in [-0.2, 0) is 4.79 Å². The maximum absolute atomic E-state index is 11.9. The minimum Gasteiger partial charge on any atom is -0.355 e. The zero-order valence-electron chi connectivity index (χ0n) is 12.0. The molecule has 0 saturated heterocycles. The van der Waals surface area contributed by atoms with Crippen molar-refractivity contribution in [2.24, 2.45) is 5.92 Å². The van der Waals surface area contributed by atoms with Crippen molar-refractivity contribution in [2.45, 2.75) is 63.8 Å². The number of carbonyl (C=O) groups is 1. The minimum atomic E-state index is 0.211. The summed E-state index contributed by atoms with van der Waals surface area (Å²) in [6.45, 7) is 1.69. The molecule has 1 amide bonds. The third-order valence-corrected chi connectivity index (χ3v) is 4.35. The molecule has 0 aromatic rings. The molecule has 1 unspecified atom stereocenters. The molecule has 3 nitrogen and oxygen atoms in total. The summed E-state index contributed by atoms with van der Waals surface area (Å²) in [5, 5.41) is 6.66. The van der Waals surface area contributed by atoms with Crippen molar-refractivity contribution in [3.63, 3.8) is 0 Å². The molecule has 1 atom stereocenters. The van der Waals surface area contributed by atoms with Crippen LogP contribution in [0.1, 0.15) is 57.8 Å². The van der Waals surface area contributed by atoms with Crippen LogP contribution in [0.15, 0.2) is 12.2 Å². The number of allylic oxidation sites excluding steroid dienone is 2. The molecule has 2 rings (SSSR count). The summed E-state index contributed by atoms with van der Waals surface area (Å²) in [5.41, 5.74) is 0. The predicted molar refractivity (Wildman–Crippen MR) is 79.0 cm³/mol. The fraction of sp³-hybridized carbons (Fsp3) is 0.812. The molecule has 0 aromatic carbocycles. The SMILES string of the molecule is O=C(NCCNC1CCCCCC1)C1CC=CCC1. The molecule has 1 saturated carbocycles.